The summed E-state index contributed by atoms with van der Waals surface area (Å²) in [5, 5.41) is 4.29. The number of carbonyl (C=O) groups is 1. The molecule has 1 saturated carbocycles. The minimum Gasteiger partial charge on any atom is -1.00 e. The van der Waals surface area contributed by atoms with Crippen LogP contribution in [0.2, 0.25) is 0 Å². The van der Waals surface area contributed by atoms with Crippen LogP contribution in [0.25, 0.3) is 0 Å². The fourth-order valence-corrected chi connectivity index (χ4v) is 4.73. The Morgan fingerprint density at radius 1 is 1.07 bits per heavy atom. The van der Waals surface area contributed by atoms with E-state index in [0.29, 0.717) is 6.04 Å². The highest BCUT2D eigenvalue weighted by Gasteiger charge is 2.50. The lowest BCUT2D eigenvalue weighted by Crippen LogP contribution is -3.00. The third-order valence-corrected chi connectivity index (χ3v) is 5.95. The van der Waals surface area contributed by atoms with Crippen LogP contribution in [-0.4, -0.2) is 15.6 Å². The van der Waals surface area contributed by atoms with Crippen molar-refractivity contribution in [1.29, 1.82) is 0 Å². The maximum atomic E-state index is 13.1. The van der Waals surface area contributed by atoms with Crippen molar-refractivity contribution in [2.75, 3.05) is 0 Å². The Kier molecular flexibility index (Phi) is 6.17. The Morgan fingerprint density at radius 3 is 2.11 bits per heavy atom. The predicted molar refractivity (Wildman–Crippen MR) is 103 cm³/mol. The molecule has 6 heteroatoms. The highest BCUT2D eigenvalue weighted by Crippen LogP contribution is 2.49. The molecule has 2 unspecified atom stereocenters. The summed E-state index contributed by atoms with van der Waals surface area (Å²) >= 11 is 0. The van der Waals surface area contributed by atoms with Gasteiger partial charge in [0.05, 0.1) is 0 Å². The van der Waals surface area contributed by atoms with Crippen LogP contribution < -0.4 is 34.4 Å². The molecule has 0 bridgehead atoms. The molecule has 1 aliphatic rings. The van der Waals surface area contributed by atoms with Crippen LogP contribution in [0.4, 0.5) is 0 Å². The maximum absolute atomic E-state index is 13.1. The average molecular weight is 488 g/mol. The smallest absolute Gasteiger partial charge is 0.265 e. The molecule has 1 aliphatic carbocycles. The third kappa shape index (κ3) is 3.45. The molecule has 0 aliphatic heterocycles. The molecule has 0 spiro atoms. The minimum atomic E-state index is -0.819. The summed E-state index contributed by atoms with van der Waals surface area (Å²) in [5.41, 5.74) is 7.28. The molecule has 0 saturated heterocycles. The number of aryl methyl sites for hydroxylation is 1. The third-order valence-electron chi connectivity index (χ3n) is 5.95. The summed E-state index contributed by atoms with van der Waals surface area (Å²) in [6, 6.07) is 20.3. The van der Waals surface area contributed by atoms with Gasteiger partial charge in [0.1, 0.15) is 18.5 Å². The van der Waals surface area contributed by atoms with Crippen LogP contribution in [0.1, 0.15) is 36.4 Å². The van der Waals surface area contributed by atoms with Gasteiger partial charge in [-0.1, -0.05) is 60.7 Å². The molecule has 1 heterocycles. The Bertz CT molecular complexity index is 886. The van der Waals surface area contributed by atoms with Crippen molar-refractivity contribution in [3.05, 3.63) is 84.4 Å². The lowest BCUT2D eigenvalue weighted by Gasteiger charge is -2.37. The van der Waals surface area contributed by atoms with E-state index in [-0.39, 0.29) is 35.8 Å². The summed E-state index contributed by atoms with van der Waals surface area (Å²) in [6.45, 7) is 0. The zero-order valence-corrected chi connectivity index (χ0v) is 18.1. The van der Waals surface area contributed by atoms with E-state index < -0.39 is 5.41 Å². The minimum absolute atomic E-state index is 0. The standard InChI is InChI=1S/C22H24N4O.HI/c1-25-16-26(15-24-25)20-13-12-19(14-20)22(21(23)27,17-8-4-2-5-9-17)18-10-6-3-7-11-18;/h2-11,15-16,19-20H,12-14H2,1H3,(H-,23,27);1H. The van der Waals surface area contributed by atoms with E-state index >= 15 is 0 Å². The van der Waals surface area contributed by atoms with Crippen molar-refractivity contribution < 1.29 is 33.5 Å². The molecule has 4 rings (SSSR count). The lowest BCUT2D eigenvalue weighted by molar-refractivity contribution is -0.728. The number of nitrogens with two attached hydrogens (primary N) is 1. The molecule has 1 aromatic heterocycles. The van der Waals surface area contributed by atoms with Crippen LogP contribution in [0.15, 0.2) is 73.3 Å². The Balaban J connectivity index is 0.00000225. The highest BCUT2D eigenvalue weighted by atomic mass is 127. The van der Waals surface area contributed by atoms with Crippen molar-refractivity contribution in [3.63, 3.8) is 0 Å². The van der Waals surface area contributed by atoms with Gasteiger partial charge in [-0.3, -0.25) is 4.79 Å². The molecule has 2 aromatic carbocycles. The normalized spacial score (nSPS) is 19.2. The zero-order chi connectivity index (χ0) is 18.9. The summed E-state index contributed by atoms with van der Waals surface area (Å²) in [7, 11) is 1.92. The van der Waals surface area contributed by atoms with E-state index in [1.165, 1.54) is 0 Å². The van der Waals surface area contributed by atoms with Crippen LogP contribution in [-0.2, 0) is 17.3 Å². The number of nitrogens with zero attached hydrogens (tertiary/aromatic N) is 3. The van der Waals surface area contributed by atoms with E-state index in [2.05, 4.69) is 9.67 Å². The SMILES string of the molecule is C[n+]1cn(C2CCC(C(C(N)=O)(c3ccccc3)c3ccccc3)C2)cn1.[I-]. The van der Waals surface area contributed by atoms with Crippen molar-refractivity contribution in [2.45, 2.75) is 30.7 Å². The van der Waals surface area contributed by atoms with E-state index in [4.69, 9.17) is 5.73 Å². The quantitative estimate of drug-likeness (QED) is 0.390. The number of halogens is 1. The van der Waals surface area contributed by atoms with Crippen molar-refractivity contribution in [1.82, 2.24) is 9.67 Å². The average Bonchev–Trinajstić information content (AvgIpc) is 3.33. The summed E-state index contributed by atoms with van der Waals surface area (Å²) in [5.74, 6) is -0.140. The van der Waals surface area contributed by atoms with E-state index in [1.807, 2.05) is 85.0 Å². The first kappa shape index (κ1) is 20.5. The predicted octanol–water partition coefficient (Wildman–Crippen LogP) is -0.476. The summed E-state index contributed by atoms with van der Waals surface area (Å²) < 4.78 is 3.96. The van der Waals surface area contributed by atoms with Crippen LogP contribution in [0, 0.1) is 5.92 Å². The molecule has 5 nitrogen and oxygen atoms in total. The molecular formula is C22H25IN4O. The van der Waals surface area contributed by atoms with Gasteiger partial charge in [-0.25, -0.2) is 4.57 Å². The summed E-state index contributed by atoms with van der Waals surface area (Å²) in [4.78, 5) is 13.1. The van der Waals surface area contributed by atoms with Crippen LogP contribution in [0.5, 0.6) is 0 Å². The van der Waals surface area contributed by atoms with E-state index in [0.717, 1.165) is 30.4 Å². The number of rotatable bonds is 5. The lowest BCUT2D eigenvalue weighted by atomic mass is 9.64. The van der Waals surface area contributed by atoms with E-state index in [9.17, 15) is 4.79 Å². The Labute approximate surface area is 182 Å². The largest absolute Gasteiger partial charge is 1.00 e. The number of aromatic nitrogens is 3. The topological polar surface area (TPSA) is 64.8 Å². The van der Waals surface area contributed by atoms with Gasteiger partial charge in [-0.15, -0.1) is 4.68 Å². The highest BCUT2D eigenvalue weighted by molar-refractivity contribution is 5.91. The van der Waals surface area contributed by atoms with Gasteiger partial charge in [0.25, 0.3) is 6.33 Å². The van der Waals surface area contributed by atoms with Crippen LogP contribution >= 0.6 is 0 Å². The molecule has 2 atom stereocenters. The van der Waals surface area contributed by atoms with Gasteiger partial charge in [0, 0.05) is 0 Å². The number of benzene rings is 2. The number of carbonyl (C=O) groups excluding carboxylic acids is 1. The first-order valence-electron chi connectivity index (χ1n) is 9.42. The number of hydrogen-bond acceptors (Lipinski definition) is 2. The van der Waals surface area contributed by atoms with Gasteiger partial charge in [-0.2, -0.15) is 0 Å². The number of amides is 1. The number of hydrogen-bond donors (Lipinski definition) is 1. The molecule has 0 radical (unpaired) electrons. The monoisotopic (exact) mass is 488 g/mol. The fourth-order valence-electron chi connectivity index (χ4n) is 4.73. The Morgan fingerprint density at radius 2 is 1.64 bits per heavy atom. The molecule has 1 fully saturated rings. The first-order chi connectivity index (χ1) is 13.1. The molecule has 3 aromatic rings. The van der Waals surface area contributed by atoms with Gasteiger partial charge >= 0.3 is 0 Å². The molecule has 28 heavy (non-hydrogen) atoms. The molecule has 1 amide bonds. The zero-order valence-electron chi connectivity index (χ0n) is 15.9. The van der Waals surface area contributed by atoms with Gasteiger partial charge in [0.2, 0.25) is 12.2 Å². The second-order valence-corrected chi connectivity index (χ2v) is 7.44. The fraction of sp³-hybridized carbons (Fsp3) is 0.318. The first-order valence-corrected chi connectivity index (χ1v) is 9.42. The maximum Gasteiger partial charge on any atom is 0.265 e. The molecule has 2 N–H and O–H groups in total. The van der Waals surface area contributed by atoms with Gasteiger partial charge in [-0.05, 0) is 41.4 Å². The second-order valence-electron chi connectivity index (χ2n) is 7.44. The van der Waals surface area contributed by atoms with Crippen molar-refractivity contribution in [3.8, 4) is 0 Å². The number of primary amides is 1. The van der Waals surface area contributed by atoms with Gasteiger partial charge < -0.3 is 29.7 Å². The summed E-state index contributed by atoms with van der Waals surface area (Å²) in [6.07, 6.45) is 6.71. The Hall–Kier alpha value is -2.22. The van der Waals surface area contributed by atoms with Crippen LogP contribution in [0.3, 0.4) is 0 Å². The molecule has 146 valence electrons. The second kappa shape index (κ2) is 8.43. The van der Waals surface area contributed by atoms with Gasteiger partial charge in [0.15, 0.2) is 0 Å². The van der Waals surface area contributed by atoms with Crippen molar-refractivity contribution >= 4 is 5.91 Å². The molecular weight excluding hydrogens is 463 g/mol. The van der Waals surface area contributed by atoms with Crippen molar-refractivity contribution in [2.24, 2.45) is 18.7 Å². The van der Waals surface area contributed by atoms with E-state index in [1.54, 1.807) is 0 Å².